The smallest absolute Gasteiger partial charge is 0.410 e. The normalized spacial score (nSPS) is 23.5. The second kappa shape index (κ2) is 14.8. The van der Waals surface area contributed by atoms with Crippen LogP contribution in [0.2, 0.25) is 0 Å². The molecule has 4 atom stereocenters. The Morgan fingerprint density at radius 1 is 0.940 bits per heavy atom. The number of rotatable bonds is 13. The van der Waals surface area contributed by atoms with E-state index < -0.39 is 59.3 Å². The van der Waals surface area contributed by atoms with Gasteiger partial charge in [0.25, 0.3) is 5.91 Å². The third kappa shape index (κ3) is 8.05. The van der Waals surface area contributed by atoms with Gasteiger partial charge >= 0.3 is 6.09 Å². The Morgan fingerprint density at radius 2 is 1.60 bits per heavy atom. The molecule has 2 heterocycles. The van der Waals surface area contributed by atoms with Crippen LogP contribution in [-0.2, 0) is 23.9 Å². The predicted molar refractivity (Wildman–Crippen MR) is 180 cm³/mol. The molecular weight excluding hydrogens is 650 g/mol. The van der Waals surface area contributed by atoms with Gasteiger partial charge in [0.05, 0.1) is 12.3 Å². The van der Waals surface area contributed by atoms with Gasteiger partial charge in [0, 0.05) is 38.6 Å². The Kier molecular flexibility index (Phi) is 10.7. The number of halogens is 2. The van der Waals surface area contributed by atoms with Crippen molar-refractivity contribution in [3.8, 4) is 0 Å². The Balaban J connectivity index is 1.19. The summed E-state index contributed by atoms with van der Waals surface area (Å²) in [7, 11) is 1.97. The number of nitrogens with zero attached hydrogens (tertiary/aromatic N) is 3. The van der Waals surface area contributed by atoms with Crippen molar-refractivity contribution >= 4 is 35.4 Å². The van der Waals surface area contributed by atoms with Crippen LogP contribution in [-0.4, -0.2) is 115 Å². The number of anilines is 1. The Morgan fingerprint density at radius 3 is 2.18 bits per heavy atom. The molecule has 14 heteroatoms. The molecule has 1 aromatic rings. The molecule has 5 amide bonds. The molecule has 6 rings (SSSR count). The lowest BCUT2D eigenvalue weighted by Gasteiger charge is -2.37. The first-order valence-electron chi connectivity index (χ1n) is 18.2. The molecular formula is C36H50F2N6O6. The fraction of sp³-hybridized carbons (Fsp3) is 0.694. The van der Waals surface area contributed by atoms with E-state index in [9.17, 15) is 28.4 Å². The molecule has 5 aliphatic rings. The first kappa shape index (κ1) is 36.0. The monoisotopic (exact) mass is 700 g/mol. The van der Waals surface area contributed by atoms with Gasteiger partial charge < -0.3 is 30.5 Å². The van der Waals surface area contributed by atoms with E-state index in [1.54, 1.807) is 24.8 Å². The number of nitrogens with one attached hydrogen (secondary N) is 3. The Hall–Kier alpha value is -3.81. The van der Waals surface area contributed by atoms with Gasteiger partial charge in [-0.25, -0.2) is 13.6 Å². The third-order valence-corrected chi connectivity index (χ3v) is 11.1. The lowest BCUT2D eigenvalue weighted by Crippen LogP contribution is -2.58. The summed E-state index contributed by atoms with van der Waals surface area (Å²) in [4.78, 5) is 71.8. The average Bonchev–Trinajstić information content (AvgIpc) is 4.02. The molecule has 3 N–H and O–H groups in total. The highest BCUT2D eigenvalue weighted by Crippen LogP contribution is 2.51. The molecule has 0 aromatic heterocycles. The van der Waals surface area contributed by atoms with Crippen molar-refractivity contribution in [2.24, 2.45) is 17.8 Å². The molecule has 50 heavy (non-hydrogen) atoms. The van der Waals surface area contributed by atoms with Gasteiger partial charge in [-0.2, -0.15) is 0 Å². The number of alkyl halides is 1. The molecule has 2 saturated heterocycles. The zero-order chi connectivity index (χ0) is 35.7. The largest absolute Gasteiger partial charge is 0.450 e. The summed E-state index contributed by atoms with van der Waals surface area (Å²) in [5, 5.41) is 8.24. The molecule has 0 radical (unpaired) electrons. The van der Waals surface area contributed by atoms with Gasteiger partial charge in [0.1, 0.15) is 23.9 Å². The van der Waals surface area contributed by atoms with Gasteiger partial charge in [0.2, 0.25) is 17.7 Å². The van der Waals surface area contributed by atoms with E-state index >= 15 is 4.39 Å². The highest BCUT2D eigenvalue weighted by Gasteiger charge is 2.54. The van der Waals surface area contributed by atoms with Gasteiger partial charge in [-0.15, -0.1) is 0 Å². The van der Waals surface area contributed by atoms with Crippen molar-refractivity contribution in [3.05, 3.63) is 29.6 Å². The number of hydrogen-bond donors (Lipinski definition) is 3. The summed E-state index contributed by atoms with van der Waals surface area (Å²) in [6.45, 7) is 6.22. The summed E-state index contributed by atoms with van der Waals surface area (Å²) in [6, 6.07) is 1.44. The Labute approximate surface area is 292 Å². The van der Waals surface area contributed by atoms with Crippen LogP contribution in [0.25, 0.3) is 0 Å². The maximum atomic E-state index is 15.8. The molecule has 0 bridgehead atoms. The molecule has 2 aliphatic heterocycles. The summed E-state index contributed by atoms with van der Waals surface area (Å²) in [6.07, 6.45) is 4.46. The number of carbonyl (C=O) groups excluding carboxylic acids is 5. The third-order valence-electron chi connectivity index (χ3n) is 11.1. The van der Waals surface area contributed by atoms with Crippen LogP contribution >= 0.6 is 0 Å². The van der Waals surface area contributed by atoms with Gasteiger partial charge in [-0.05, 0) is 101 Å². The summed E-state index contributed by atoms with van der Waals surface area (Å²) in [5.41, 5.74) is -1.62. The van der Waals surface area contributed by atoms with Crippen molar-refractivity contribution in [2.75, 3.05) is 51.7 Å². The maximum Gasteiger partial charge on any atom is 0.410 e. The fourth-order valence-corrected chi connectivity index (χ4v) is 7.49. The summed E-state index contributed by atoms with van der Waals surface area (Å²) >= 11 is 0. The molecule has 3 saturated carbocycles. The van der Waals surface area contributed by atoms with Crippen LogP contribution in [0.5, 0.6) is 0 Å². The van der Waals surface area contributed by atoms with Gasteiger partial charge in [-0.1, -0.05) is 13.0 Å². The lowest BCUT2D eigenvalue weighted by atomic mass is 9.88. The predicted octanol–water partition coefficient (Wildman–Crippen LogP) is 3.17. The summed E-state index contributed by atoms with van der Waals surface area (Å²) < 4.78 is 35.6. The lowest BCUT2D eigenvalue weighted by molar-refractivity contribution is -0.139. The van der Waals surface area contributed by atoms with Crippen LogP contribution in [0.4, 0.5) is 19.3 Å². The van der Waals surface area contributed by atoms with Gasteiger partial charge in [-0.3, -0.25) is 24.1 Å². The second-order valence-electron chi connectivity index (χ2n) is 14.9. The number of benzene rings is 1. The zero-order valence-corrected chi connectivity index (χ0v) is 29.2. The van der Waals surface area contributed by atoms with E-state index in [0.29, 0.717) is 51.1 Å². The van der Waals surface area contributed by atoms with Crippen LogP contribution in [0.15, 0.2) is 18.2 Å². The first-order valence-corrected chi connectivity index (χ1v) is 18.2. The SMILES string of the molecule is CCOC(=O)N1CCC[C@H]1C(=O)N[C@@H](C(=O)N1CCN(C)CC1)[C@@H](C)c1ccc(NC(=O)[C@@H](NC(=O)C2(F)CC2)C(C2CC2)C2CC2)c(F)c1. The van der Waals surface area contributed by atoms with Crippen LogP contribution < -0.4 is 16.0 Å². The molecule has 274 valence electrons. The number of hydrogen-bond acceptors (Lipinski definition) is 7. The van der Waals surface area contributed by atoms with E-state index in [2.05, 4.69) is 20.9 Å². The molecule has 3 aliphatic carbocycles. The zero-order valence-electron chi connectivity index (χ0n) is 29.2. The number of likely N-dealkylation sites (N-methyl/N-ethyl adjacent to an activating group) is 1. The molecule has 12 nitrogen and oxygen atoms in total. The topological polar surface area (TPSA) is 140 Å². The minimum Gasteiger partial charge on any atom is -0.450 e. The summed E-state index contributed by atoms with van der Waals surface area (Å²) in [5.74, 6) is -3.17. The average molecular weight is 701 g/mol. The highest BCUT2D eigenvalue weighted by molar-refractivity contribution is 5.99. The highest BCUT2D eigenvalue weighted by atomic mass is 19.1. The maximum absolute atomic E-state index is 15.8. The van der Waals surface area contributed by atoms with Crippen molar-refractivity contribution in [1.29, 1.82) is 0 Å². The Bertz CT molecular complexity index is 1460. The number of amides is 5. The van der Waals surface area contributed by atoms with Crippen molar-refractivity contribution < 1.29 is 37.5 Å². The van der Waals surface area contributed by atoms with E-state index in [0.717, 1.165) is 25.7 Å². The molecule has 5 fully saturated rings. The van der Waals surface area contributed by atoms with E-state index in [1.807, 2.05) is 7.05 Å². The second-order valence-corrected chi connectivity index (χ2v) is 14.9. The number of piperazine rings is 1. The van der Waals surface area contributed by atoms with Crippen molar-refractivity contribution in [1.82, 2.24) is 25.3 Å². The fourth-order valence-electron chi connectivity index (χ4n) is 7.49. The minimum absolute atomic E-state index is 0.0982. The van der Waals surface area contributed by atoms with Crippen molar-refractivity contribution in [2.45, 2.75) is 94.9 Å². The quantitative estimate of drug-likeness (QED) is 0.287. The van der Waals surface area contributed by atoms with Gasteiger partial charge in [0.15, 0.2) is 5.67 Å². The molecule has 0 unspecified atom stereocenters. The first-order chi connectivity index (χ1) is 23.9. The molecule has 0 spiro atoms. The minimum atomic E-state index is -1.94. The number of likely N-dealkylation sites (tertiary alicyclic amines) is 1. The number of ether oxygens (including phenoxy) is 1. The van der Waals surface area contributed by atoms with E-state index in [1.165, 1.54) is 17.0 Å². The van der Waals surface area contributed by atoms with Crippen molar-refractivity contribution in [3.63, 3.8) is 0 Å². The van der Waals surface area contributed by atoms with E-state index in [4.69, 9.17) is 4.74 Å². The number of carbonyl (C=O) groups is 5. The van der Waals surface area contributed by atoms with E-state index in [-0.39, 0.29) is 48.8 Å². The standard InChI is InChI=1S/C36H50F2N6O6/c1-4-50-35(49)44-15-5-6-27(44)31(45)40-29(33(47)43-18-16-42(3)17-19-43)21(2)24-11-12-26(25(37)20-24)39-32(46)30(41-34(48)36(38)13-14-36)28(22-7-8-22)23-9-10-23/h11-12,20-23,27-30H,4-10,13-19H2,1-3H3,(H,39,46)(H,40,45)(H,41,48)/t21-,27-,29+,30-/m0/s1. The molecule has 1 aromatic carbocycles. The van der Waals surface area contributed by atoms with Crippen LogP contribution in [0, 0.1) is 23.6 Å². The van der Waals surface area contributed by atoms with Crippen LogP contribution in [0.3, 0.4) is 0 Å². The van der Waals surface area contributed by atoms with Crippen LogP contribution in [0.1, 0.15) is 76.7 Å².